The van der Waals surface area contributed by atoms with E-state index in [9.17, 15) is 0 Å². The van der Waals surface area contributed by atoms with Gasteiger partial charge in [0.25, 0.3) is 0 Å². The summed E-state index contributed by atoms with van der Waals surface area (Å²) in [5.74, 6) is 0.717. The average molecular weight is 833 g/mol. The summed E-state index contributed by atoms with van der Waals surface area (Å²) < 4.78 is 2.43. The Morgan fingerprint density at radius 3 is 1.51 bits per heavy atom. The molecule has 2 aromatic heterocycles. The Hall–Kier alpha value is -8.34. The van der Waals surface area contributed by atoms with Crippen molar-refractivity contribution in [2.24, 2.45) is 0 Å². The van der Waals surface area contributed by atoms with Crippen LogP contribution in [0.3, 0.4) is 0 Å². The lowest BCUT2D eigenvalue weighted by atomic mass is 9.72. The molecule has 0 atom stereocenters. The van der Waals surface area contributed by atoms with E-state index in [1.807, 2.05) is 6.07 Å². The predicted molar refractivity (Wildman–Crippen MR) is 270 cm³/mol. The number of nitrogens with zero attached hydrogens (tertiary/aromatic N) is 4. The molecular formula is C61H44N4. The van der Waals surface area contributed by atoms with Crippen molar-refractivity contribution in [2.45, 2.75) is 19.3 Å². The molecule has 0 aliphatic carbocycles. The maximum atomic E-state index is 4.51. The van der Waals surface area contributed by atoms with Crippen LogP contribution in [0.2, 0.25) is 0 Å². The Balaban J connectivity index is 0.995. The summed E-state index contributed by atoms with van der Waals surface area (Å²) >= 11 is 0. The summed E-state index contributed by atoms with van der Waals surface area (Å²) in [6.07, 6.45) is 3.58. The number of hydrogen-bond donors (Lipinski definition) is 0. The Bertz CT molecular complexity index is 3520. The van der Waals surface area contributed by atoms with Crippen molar-refractivity contribution in [3.63, 3.8) is 0 Å². The van der Waals surface area contributed by atoms with Crippen LogP contribution in [-0.2, 0) is 5.41 Å². The molecule has 0 saturated heterocycles. The fraction of sp³-hybridized carbons (Fsp3) is 0.0492. The first-order valence-corrected chi connectivity index (χ1v) is 22.3. The molecule has 65 heavy (non-hydrogen) atoms. The zero-order valence-electron chi connectivity index (χ0n) is 36.2. The van der Waals surface area contributed by atoms with Crippen LogP contribution >= 0.6 is 0 Å². The minimum Gasteiger partial charge on any atom is -0.310 e. The van der Waals surface area contributed by atoms with Crippen molar-refractivity contribution >= 4 is 38.9 Å². The van der Waals surface area contributed by atoms with Crippen molar-refractivity contribution in [3.05, 3.63) is 242 Å². The van der Waals surface area contributed by atoms with E-state index in [0.717, 1.165) is 22.8 Å². The Morgan fingerprint density at radius 1 is 0.369 bits per heavy atom. The first kappa shape index (κ1) is 38.3. The van der Waals surface area contributed by atoms with Gasteiger partial charge in [0.1, 0.15) is 0 Å². The van der Waals surface area contributed by atoms with E-state index in [1.165, 1.54) is 88.8 Å². The van der Waals surface area contributed by atoms with E-state index >= 15 is 0 Å². The fourth-order valence-electron chi connectivity index (χ4n) is 10.0. The van der Waals surface area contributed by atoms with Gasteiger partial charge in [-0.05, 0) is 135 Å². The van der Waals surface area contributed by atoms with Crippen molar-refractivity contribution in [2.75, 3.05) is 4.90 Å². The van der Waals surface area contributed by atoms with Crippen LogP contribution < -0.4 is 4.90 Å². The SMILES string of the molecule is CC1(C)c2cc(-c3ccccc3)ccc2N(c2ccc(-c3ncccn3)cc2)c2ccc(-c3ccc(-c4cc(-c5ccccc5)cc5c6ccccc6n(-c6ccccc6)c45)cc3)cc21. The van der Waals surface area contributed by atoms with E-state index in [-0.39, 0.29) is 5.41 Å². The molecule has 0 N–H and O–H groups in total. The molecular weight excluding hydrogens is 789 g/mol. The van der Waals surface area contributed by atoms with Crippen LogP contribution in [0.1, 0.15) is 25.0 Å². The van der Waals surface area contributed by atoms with Gasteiger partial charge in [0.15, 0.2) is 5.82 Å². The van der Waals surface area contributed by atoms with Gasteiger partial charge in [-0.3, -0.25) is 0 Å². The Morgan fingerprint density at radius 2 is 0.877 bits per heavy atom. The third-order valence-electron chi connectivity index (χ3n) is 13.3. The normalized spacial score (nSPS) is 12.9. The lowest BCUT2D eigenvalue weighted by Gasteiger charge is -2.42. The highest BCUT2D eigenvalue weighted by Gasteiger charge is 2.37. The molecule has 12 rings (SSSR count). The van der Waals surface area contributed by atoms with Crippen LogP contribution in [0.5, 0.6) is 0 Å². The minimum absolute atomic E-state index is 0.298. The molecule has 9 aromatic carbocycles. The van der Waals surface area contributed by atoms with E-state index in [2.05, 4.69) is 246 Å². The molecule has 11 aromatic rings. The molecule has 1 aliphatic rings. The van der Waals surface area contributed by atoms with E-state index in [1.54, 1.807) is 12.4 Å². The number of anilines is 3. The molecule has 0 spiro atoms. The molecule has 0 saturated carbocycles. The highest BCUT2D eigenvalue weighted by Crippen LogP contribution is 2.54. The number of fused-ring (bicyclic) bond motifs is 5. The third kappa shape index (κ3) is 6.53. The maximum Gasteiger partial charge on any atom is 0.159 e. The number of hydrogen-bond acceptors (Lipinski definition) is 3. The van der Waals surface area contributed by atoms with Gasteiger partial charge in [0.2, 0.25) is 0 Å². The molecule has 0 unspecified atom stereocenters. The summed E-state index contributed by atoms with van der Waals surface area (Å²) in [5, 5.41) is 2.48. The molecule has 3 heterocycles. The van der Waals surface area contributed by atoms with Crippen molar-refractivity contribution < 1.29 is 0 Å². The summed E-state index contributed by atoms with van der Waals surface area (Å²) in [6.45, 7) is 4.74. The summed E-state index contributed by atoms with van der Waals surface area (Å²) in [6, 6.07) is 79.4. The van der Waals surface area contributed by atoms with Gasteiger partial charge in [-0.2, -0.15) is 0 Å². The minimum atomic E-state index is -0.298. The zero-order chi connectivity index (χ0) is 43.5. The molecule has 4 nitrogen and oxygen atoms in total. The Labute approximate surface area is 379 Å². The maximum absolute atomic E-state index is 4.51. The second-order valence-corrected chi connectivity index (χ2v) is 17.5. The predicted octanol–water partition coefficient (Wildman–Crippen LogP) is 16.0. The first-order valence-electron chi connectivity index (χ1n) is 22.3. The van der Waals surface area contributed by atoms with Gasteiger partial charge in [-0.1, -0.05) is 147 Å². The van der Waals surface area contributed by atoms with Gasteiger partial charge in [0.05, 0.1) is 22.4 Å². The van der Waals surface area contributed by atoms with Gasteiger partial charge in [-0.15, -0.1) is 0 Å². The van der Waals surface area contributed by atoms with Gasteiger partial charge in [0, 0.05) is 51.1 Å². The van der Waals surface area contributed by atoms with Crippen LogP contribution in [-0.4, -0.2) is 14.5 Å². The molecule has 0 fully saturated rings. The van der Waals surface area contributed by atoms with Gasteiger partial charge in [-0.25, -0.2) is 9.97 Å². The molecule has 0 bridgehead atoms. The van der Waals surface area contributed by atoms with E-state index in [4.69, 9.17) is 0 Å². The van der Waals surface area contributed by atoms with Crippen LogP contribution in [0.25, 0.3) is 83.4 Å². The molecule has 0 radical (unpaired) electrons. The molecule has 1 aliphatic heterocycles. The quantitative estimate of drug-likeness (QED) is 0.160. The monoisotopic (exact) mass is 832 g/mol. The smallest absolute Gasteiger partial charge is 0.159 e. The Kier molecular flexibility index (Phi) is 9.13. The van der Waals surface area contributed by atoms with Crippen molar-refractivity contribution in [1.82, 2.24) is 14.5 Å². The number of rotatable bonds is 7. The largest absolute Gasteiger partial charge is 0.310 e. The van der Waals surface area contributed by atoms with E-state index in [0.29, 0.717) is 0 Å². The zero-order valence-corrected chi connectivity index (χ0v) is 36.2. The van der Waals surface area contributed by atoms with Crippen LogP contribution in [0.4, 0.5) is 17.1 Å². The summed E-state index contributed by atoms with van der Waals surface area (Å²) in [4.78, 5) is 11.4. The van der Waals surface area contributed by atoms with Crippen molar-refractivity contribution in [1.29, 1.82) is 0 Å². The first-order chi connectivity index (χ1) is 32.0. The molecule has 0 amide bonds. The number of benzene rings is 9. The topological polar surface area (TPSA) is 34.0 Å². The highest BCUT2D eigenvalue weighted by molar-refractivity contribution is 6.15. The standard InChI is InChI=1S/C61H44N4/c1-61(2)54-39-46(41-15-6-3-7-16-41)29-33-57(54)64(50-31-27-45(28-32-50)60-62-35-14-36-63-60)58-34-30-47(40-55(58)61)43-23-25-44(26-24-43)52-37-48(42-17-8-4-9-18-42)38-53-51-21-12-13-22-56(51)65(59(52)53)49-19-10-5-11-20-49/h3-40H,1-2H3. The molecule has 308 valence electrons. The number of para-hydroxylation sites is 2. The van der Waals surface area contributed by atoms with Crippen molar-refractivity contribution in [3.8, 4) is 61.6 Å². The second kappa shape index (κ2) is 15.5. The van der Waals surface area contributed by atoms with Crippen LogP contribution in [0.15, 0.2) is 231 Å². The highest BCUT2D eigenvalue weighted by atomic mass is 15.2. The number of aromatic nitrogens is 3. The third-order valence-corrected chi connectivity index (χ3v) is 13.3. The fourth-order valence-corrected chi connectivity index (χ4v) is 10.0. The summed E-state index contributed by atoms with van der Waals surface area (Å²) in [7, 11) is 0. The van der Waals surface area contributed by atoms with Gasteiger partial charge < -0.3 is 9.47 Å². The molecule has 4 heteroatoms. The average Bonchev–Trinajstić information content (AvgIpc) is 3.72. The summed E-state index contributed by atoms with van der Waals surface area (Å²) in [5.41, 5.74) is 19.8. The van der Waals surface area contributed by atoms with Crippen LogP contribution in [0, 0.1) is 0 Å². The van der Waals surface area contributed by atoms with E-state index < -0.39 is 0 Å². The lowest BCUT2D eigenvalue weighted by molar-refractivity contribution is 0.632. The lowest BCUT2D eigenvalue weighted by Crippen LogP contribution is -2.30. The van der Waals surface area contributed by atoms with Gasteiger partial charge >= 0.3 is 0 Å². The second-order valence-electron chi connectivity index (χ2n) is 17.5.